The number of carbonyl (C=O) groups is 4. The van der Waals surface area contributed by atoms with Crippen LogP contribution in [-0.4, -0.2) is 104 Å². The number of benzene rings is 2. The number of aliphatic hydroxyl groups is 1. The minimum absolute atomic E-state index is 0.0896. The average Bonchev–Trinajstić information content (AvgIpc) is 3.52. The lowest BCUT2D eigenvalue weighted by Crippen LogP contribution is -2.61. The first kappa shape index (κ1) is 41.4. The second-order valence-corrected chi connectivity index (χ2v) is 15.1. The van der Waals surface area contributed by atoms with E-state index in [1.807, 2.05) is 0 Å². The second kappa shape index (κ2) is 16.5. The number of halogens is 6. The molecule has 0 bridgehead atoms. The summed E-state index contributed by atoms with van der Waals surface area (Å²) < 4.78 is 99.7. The van der Waals surface area contributed by atoms with Crippen molar-refractivity contribution < 1.29 is 59.4 Å². The van der Waals surface area contributed by atoms with Gasteiger partial charge in [-0.2, -0.15) is 22.0 Å². The van der Waals surface area contributed by atoms with Crippen LogP contribution in [0.4, 0.5) is 22.0 Å². The minimum atomic E-state index is -5.03. The minimum Gasteiger partial charge on any atom is -0.497 e. The molecule has 1 unspecified atom stereocenters. The van der Waals surface area contributed by atoms with Gasteiger partial charge in [-0.25, -0.2) is 8.42 Å². The SMILES string of the molecule is COc1ccc(CS(=O)(=O)[C@@H]2C[C@@H](C(=O)NC(C(C)C)[C@@H](O)C(F)(F)C(=O)NCC(F)(F)F)N(C(=O)[C@H](C)NC(=O)c3cccc(Cl)c3)C2)cc1. The summed E-state index contributed by atoms with van der Waals surface area (Å²) in [6, 6.07) is 6.89. The number of rotatable bonds is 14. The Kier molecular flexibility index (Phi) is 13.4. The van der Waals surface area contributed by atoms with Crippen molar-refractivity contribution in [2.75, 3.05) is 20.2 Å². The van der Waals surface area contributed by atoms with Gasteiger partial charge in [0.15, 0.2) is 9.84 Å². The van der Waals surface area contributed by atoms with Crippen LogP contribution in [0.3, 0.4) is 0 Å². The van der Waals surface area contributed by atoms with Crippen molar-refractivity contribution in [3.8, 4) is 5.75 Å². The molecule has 0 radical (unpaired) electrons. The number of amides is 4. The molecule has 1 fully saturated rings. The van der Waals surface area contributed by atoms with Crippen LogP contribution >= 0.6 is 11.6 Å². The van der Waals surface area contributed by atoms with Crippen molar-refractivity contribution >= 4 is 45.1 Å². The van der Waals surface area contributed by atoms with Crippen molar-refractivity contribution in [3.63, 3.8) is 0 Å². The topological polar surface area (TPSA) is 171 Å². The molecule has 4 amide bonds. The third-order valence-corrected chi connectivity index (χ3v) is 10.5. The Morgan fingerprint density at radius 3 is 2.20 bits per heavy atom. The number of hydrogen-bond donors (Lipinski definition) is 4. The molecule has 4 N–H and O–H groups in total. The fourth-order valence-electron chi connectivity index (χ4n) is 5.37. The Hall–Kier alpha value is -4.03. The van der Waals surface area contributed by atoms with Crippen LogP contribution in [0.2, 0.25) is 5.02 Å². The van der Waals surface area contributed by atoms with E-state index in [9.17, 15) is 54.7 Å². The highest BCUT2D eigenvalue weighted by Gasteiger charge is 2.53. The summed E-state index contributed by atoms with van der Waals surface area (Å²) in [5, 5.41) is 15.0. The highest BCUT2D eigenvalue weighted by molar-refractivity contribution is 7.91. The summed E-state index contributed by atoms with van der Waals surface area (Å²) in [6.45, 7) is 1.16. The van der Waals surface area contributed by atoms with Crippen LogP contribution in [0.5, 0.6) is 5.75 Å². The average molecular weight is 769 g/mol. The van der Waals surface area contributed by atoms with Crippen LogP contribution in [0.1, 0.15) is 43.1 Å². The summed E-state index contributed by atoms with van der Waals surface area (Å²) in [4.78, 5) is 53.1. The highest BCUT2D eigenvalue weighted by atomic mass is 35.5. The zero-order chi connectivity index (χ0) is 38.5. The van der Waals surface area contributed by atoms with Crippen molar-refractivity contribution in [2.24, 2.45) is 5.92 Å². The van der Waals surface area contributed by atoms with Crippen LogP contribution in [0.15, 0.2) is 48.5 Å². The molecule has 1 aliphatic rings. The first-order valence-electron chi connectivity index (χ1n) is 15.5. The number of alkyl halides is 5. The van der Waals surface area contributed by atoms with E-state index in [1.165, 1.54) is 76.4 Å². The van der Waals surface area contributed by atoms with E-state index in [0.29, 0.717) is 11.3 Å². The number of carbonyl (C=O) groups excluding carboxylic acids is 4. The molecule has 0 aliphatic carbocycles. The Morgan fingerprint density at radius 1 is 1.02 bits per heavy atom. The normalized spacial score (nSPS) is 18.5. The third-order valence-electron chi connectivity index (χ3n) is 8.18. The molecule has 51 heavy (non-hydrogen) atoms. The van der Waals surface area contributed by atoms with E-state index >= 15 is 0 Å². The van der Waals surface area contributed by atoms with Crippen LogP contribution < -0.4 is 20.7 Å². The maximum atomic E-state index is 14.9. The molecule has 19 heteroatoms. The molecule has 2 aromatic carbocycles. The Bertz CT molecular complexity index is 1690. The zero-order valence-corrected chi connectivity index (χ0v) is 29.4. The molecule has 1 saturated heterocycles. The summed E-state index contributed by atoms with van der Waals surface area (Å²) in [5.74, 6) is -11.2. The smallest absolute Gasteiger partial charge is 0.405 e. The summed E-state index contributed by atoms with van der Waals surface area (Å²) in [7, 11) is -2.68. The Balaban J connectivity index is 1.90. The van der Waals surface area contributed by atoms with Gasteiger partial charge in [-0.1, -0.05) is 43.6 Å². The van der Waals surface area contributed by atoms with E-state index in [1.54, 1.807) is 0 Å². The third kappa shape index (κ3) is 10.7. The van der Waals surface area contributed by atoms with E-state index in [-0.39, 0.29) is 10.6 Å². The van der Waals surface area contributed by atoms with Crippen molar-refractivity contribution in [3.05, 3.63) is 64.7 Å². The van der Waals surface area contributed by atoms with Crippen molar-refractivity contribution in [1.29, 1.82) is 0 Å². The van der Waals surface area contributed by atoms with Crippen LogP contribution in [0, 0.1) is 5.92 Å². The predicted octanol–water partition coefficient (Wildman–Crippen LogP) is 2.87. The molecule has 0 aromatic heterocycles. The molecule has 0 saturated carbocycles. The molecule has 2 aromatic rings. The van der Waals surface area contributed by atoms with Crippen molar-refractivity contribution in [2.45, 2.75) is 74.5 Å². The molecular formula is C32H38ClF5N4O8S. The van der Waals surface area contributed by atoms with Gasteiger partial charge in [-0.05, 0) is 55.2 Å². The molecule has 3 rings (SSSR count). The van der Waals surface area contributed by atoms with Crippen LogP contribution in [0.25, 0.3) is 0 Å². The maximum Gasteiger partial charge on any atom is 0.405 e. The van der Waals surface area contributed by atoms with Gasteiger partial charge in [0.05, 0.1) is 24.2 Å². The number of hydrogen-bond acceptors (Lipinski definition) is 8. The summed E-state index contributed by atoms with van der Waals surface area (Å²) >= 11 is 5.95. The lowest BCUT2D eigenvalue weighted by molar-refractivity contribution is -0.175. The van der Waals surface area contributed by atoms with Gasteiger partial charge in [0.2, 0.25) is 11.8 Å². The lowest BCUT2D eigenvalue weighted by Gasteiger charge is -2.34. The number of sulfone groups is 1. The molecule has 1 aliphatic heterocycles. The van der Waals surface area contributed by atoms with Gasteiger partial charge in [0.1, 0.15) is 30.5 Å². The molecule has 12 nitrogen and oxygen atoms in total. The van der Waals surface area contributed by atoms with Gasteiger partial charge >= 0.3 is 12.1 Å². The first-order chi connectivity index (χ1) is 23.6. The molecule has 5 atom stereocenters. The fourth-order valence-corrected chi connectivity index (χ4v) is 7.32. The Morgan fingerprint density at radius 2 is 1.65 bits per heavy atom. The molecule has 0 spiro atoms. The summed E-state index contributed by atoms with van der Waals surface area (Å²) in [5.41, 5.74) is 0.449. The number of aliphatic hydroxyl groups excluding tert-OH is 1. The molecule has 1 heterocycles. The number of nitrogens with one attached hydrogen (secondary N) is 3. The highest BCUT2D eigenvalue weighted by Crippen LogP contribution is 2.30. The largest absolute Gasteiger partial charge is 0.497 e. The number of likely N-dealkylation sites (tertiary alicyclic amines) is 1. The van der Waals surface area contributed by atoms with E-state index in [2.05, 4.69) is 10.6 Å². The Labute approximate surface area is 296 Å². The number of methoxy groups -OCH3 is 1. The van der Waals surface area contributed by atoms with E-state index in [0.717, 1.165) is 10.2 Å². The van der Waals surface area contributed by atoms with E-state index < -0.39 is 106 Å². The summed E-state index contributed by atoms with van der Waals surface area (Å²) in [6.07, 6.45) is -8.59. The van der Waals surface area contributed by atoms with Gasteiger partial charge in [-0.3, -0.25) is 19.2 Å². The van der Waals surface area contributed by atoms with Crippen molar-refractivity contribution in [1.82, 2.24) is 20.9 Å². The van der Waals surface area contributed by atoms with Gasteiger partial charge in [0, 0.05) is 17.1 Å². The zero-order valence-electron chi connectivity index (χ0n) is 27.8. The number of nitrogens with zero attached hydrogens (tertiary/aromatic N) is 1. The fraction of sp³-hybridized carbons (Fsp3) is 0.500. The second-order valence-electron chi connectivity index (χ2n) is 12.4. The lowest BCUT2D eigenvalue weighted by atomic mass is 9.93. The number of ether oxygens (including phenoxy) is 1. The van der Waals surface area contributed by atoms with Gasteiger partial charge in [-0.15, -0.1) is 0 Å². The quantitative estimate of drug-likeness (QED) is 0.213. The first-order valence-corrected chi connectivity index (χ1v) is 17.6. The maximum absolute atomic E-state index is 14.9. The standard InChI is InChI=1S/C32H38ClF5N4O8S/c1-17(2)25(26(43)32(37,38)30(47)39-16-31(34,35)36)41-28(45)24-13-23(51(48,49)15-19-8-10-22(50-4)11-9-19)14-42(24)29(46)18(3)40-27(44)20-6-5-7-21(33)12-20/h5-12,17-18,23-26,43H,13-16H2,1-4H3,(H,39,47)(H,40,44)(H,41,45)/t18-,23+,24-,25?,26+/m0/s1. The van der Waals surface area contributed by atoms with E-state index in [4.69, 9.17) is 16.3 Å². The predicted molar refractivity (Wildman–Crippen MR) is 175 cm³/mol. The van der Waals surface area contributed by atoms with Crippen LogP contribution in [-0.2, 0) is 30.0 Å². The van der Waals surface area contributed by atoms with Gasteiger partial charge in [0.25, 0.3) is 11.8 Å². The monoisotopic (exact) mass is 768 g/mol. The molecule has 282 valence electrons. The van der Waals surface area contributed by atoms with Gasteiger partial charge < -0.3 is 30.7 Å². The molecular weight excluding hydrogens is 731 g/mol.